The number of rotatable bonds is 1. The van der Waals surface area contributed by atoms with Crippen LogP contribution in [0.1, 0.15) is 107 Å². The summed E-state index contributed by atoms with van der Waals surface area (Å²) in [5.41, 5.74) is 8.38. The lowest BCUT2D eigenvalue weighted by molar-refractivity contribution is 0.345. The molecule has 4 heteroatoms. The van der Waals surface area contributed by atoms with E-state index in [1.165, 1.54) is 11.1 Å². The van der Waals surface area contributed by atoms with Gasteiger partial charge in [-0.3, -0.25) is 9.05 Å². The van der Waals surface area contributed by atoms with Crippen molar-refractivity contribution in [3.63, 3.8) is 0 Å². The highest BCUT2D eigenvalue weighted by atomic mass is 31.2. The van der Waals surface area contributed by atoms with Crippen molar-refractivity contribution in [3.05, 3.63) is 87.0 Å². The van der Waals surface area contributed by atoms with E-state index in [-0.39, 0.29) is 16.2 Å². The standard InChI is InChI=1S/C34H46O3P/c1-21-13-14-29(26(17-21)32(4,5)6)38(35)36-30-24(15-22(2)18-27(30)33(7,8)9)20-25-16-23(3)19-28(31(25)37-38)34(10,11)12/h13-19,35H,20H2,1-12H3/q+1. The third-order valence-corrected chi connectivity index (χ3v) is 9.17. The first-order chi connectivity index (χ1) is 17.3. The van der Waals surface area contributed by atoms with E-state index >= 15 is 0 Å². The summed E-state index contributed by atoms with van der Waals surface area (Å²) < 4.78 is 13.8. The lowest BCUT2D eigenvalue weighted by Crippen LogP contribution is -2.32. The zero-order valence-electron chi connectivity index (χ0n) is 25.5. The van der Waals surface area contributed by atoms with Gasteiger partial charge >= 0.3 is 7.94 Å². The summed E-state index contributed by atoms with van der Waals surface area (Å²) in [5, 5.41) is 0.746. The molecule has 204 valence electrons. The van der Waals surface area contributed by atoms with Crippen molar-refractivity contribution in [1.82, 2.24) is 0 Å². The second kappa shape index (κ2) is 9.39. The maximum Gasteiger partial charge on any atom is 0.533 e. The average molecular weight is 534 g/mol. The maximum absolute atomic E-state index is 12.8. The van der Waals surface area contributed by atoms with Crippen LogP contribution in [0.2, 0.25) is 0 Å². The van der Waals surface area contributed by atoms with Gasteiger partial charge < -0.3 is 0 Å². The minimum absolute atomic E-state index is 0.174. The Labute approximate surface area is 231 Å². The predicted molar refractivity (Wildman–Crippen MR) is 162 cm³/mol. The SMILES string of the molecule is Cc1ccc([P+]2(O)Oc3c(cc(C)cc3C(C)(C)C)Cc3cc(C)cc(C(C)(C)C)c3O2)c(C(C)(C)C)c1. The smallest absolute Gasteiger partial charge is 0.273 e. The molecule has 0 saturated carbocycles. The van der Waals surface area contributed by atoms with Crippen molar-refractivity contribution in [1.29, 1.82) is 0 Å². The summed E-state index contributed by atoms with van der Waals surface area (Å²) in [7, 11) is -3.63. The third-order valence-electron chi connectivity index (χ3n) is 7.31. The molecule has 0 amide bonds. The van der Waals surface area contributed by atoms with Gasteiger partial charge in [0.25, 0.3) is 0 Å². The average Bonchev–Trinajstić information content (AvgIpc) is 2.73. The Morgan fingerprint density at radius 1 is 0.579 bits per heavy atom. The molecule has 3 aromatic rings. The van der Waals surface area contributed by atoms with Gasteiger partial charge in [-0.1, -0.05) is 115 Å². The molecule has 1 aliphatic heterocycles. The molecule has 0 radical (unpaired) electrons. The molecule has 1 N–H and O–H groups in total. The van der Waals surface area contributed by atoms with E-state index in [0.717, 1.165) is 50.2 Å². The summed E-state index contributed by atoms with van der Waals surface area (Å²) >= 11 is 0. The van der Waals surface area contributed by atoms with Crippen LogP contribution in [0.4, 0.5) is 0 Å². The fraction of sp³-hybridized carbons (Fsp3) is 0.471. The molecule has 3 aromatic carbocycles. The molecule has 0 fully saturated rings. The Morgan fingerprint density at radius 3 is 1.37 bits per heavy atom. The van der Waals surface area contributed by atoms with Crippen molar-refractivity contribution < 1.29 is 13.9 Å². The molecule has 3 nitrogen and oxygen atoms in total. The maximum atomic E-state index is 12.8. The number of hydrogen-bond acceptors (Lipinski definition) is 3. The molecule has 0 spiro atoms. The van der Waals surface area contributed by atoms with E-state index in [0.29, 0.717) is 6.42 Å². The predicted octanol–water partition coefficient (Wildman–Crippen LogP) is 8.95. The monoisotopic (exact) mass is 533 g/mol. The molecule has 1 aliphatic rings. The van der Waals surface area contributed by atoms with Crippen LogP contribution >= 0.6 is 7.94 Å². The summed E-state index contributed by atoms with van der Waals surface area (Å²) in [5.74, 6) is 1.51. The third kappa shape index (κ3) is 5.51. The Kier molecular flexibility index (Phi) is 7.08. The van der Waals surface area contributed by atoms with E-state index in [4.69, 9.17) is 9.05 Å². The van der Waals surface area contributed by atoms with Crippen molar-refractivity contribution in [2.24, 2.45) is 0 Å². The van der Waals surface area contributed by atoms with E-state index in [9.17, 15) is 4.89 Å². The van der Waals surface area contributed by atoms with Crippen LogP contribution in [0.25, 0.3) is 0 Å². The summed E-state index contributed by atoms with van der Waals surface area (Å²) in [6.07, 6.45) is 0.681. The highest BCUT2D eigenvalue weighted by Crippen LogP contribution is 2.61. The minimum Gasteiger partial charge on any atom is -0.273 e. The highest BCUT2D eigenvalue weighted by molar-refractivity contribution is 7.69. The molecule has 0 atom stereocenters. The quantitative estimate of drug-likeness (QED) is 0.317. The molecule has 0 unspecified atom stereocenters. The fourth-order valence-corrected chi connectivity index (χ4v) is 7.48. The second-order valence-corrected chi connectivity index (χ2v) is 16.1. The van der Waals surface area contributed by atoms with Gasteiger partial charge in [-0.2, -0.15) is 4.89 Å². The van der Waals surface area contributed by atoms with E-state index in [1.807, 2.05) is 6.07 Å². The second-order valence-electron chi connectivity index (χ2n) is 14.3. The van der Waals surface area contributed by atoms with Crippen molar-refractivity contribution in [2.75, 3.05) is 0 Å². The normalized spacial score (nSPS) is 15.5. The van der Waals surface area contributed by atoms with Gasteiger partial charge in [0.1, 0.15) is 0 Å². The van der Waals surface area contributed by atoms with Crippen LogP contribution in [0.5, 0.6) is 11.5 Å². The Hall–Kier alpha value is -2.35. The molecule has 0 aromatic heterocycles. The molecule has 0 bridgehead atoms. The van der Waals surface area contributed by atoms with Crippen molar-refractivity contribution in [2.45, 2.75) is 106 Å². The lowest BCUT2D eigenvalue weighted by atomic mass is 9.81. The van der Waals surface area contributed by atoms with Crippen LogP contribution in [-0.4, -0.2) is 4.89 Å². The van der Waals surface area contributed by atoms with E-state index in [1.54, 1.807) is 0 Å². The topological polar surface area (TPSA) is 38.7 Å². The Morgan fingerprint density at radius 2 is 0.974 bits per heavy atom. The van der Waals surface area contributed by atoms with Gasteiger partial charge in [0.05, 0.1) is 0 Å². The molecule has 4 rings (SSSR count). The summed E-state index contributed by atoms with van der Waals surface area (Å²) in [6, 6.07) is 15.0. The van der Waals surface area contributed by atoms with E-state index in [2.05, 4.69) is 119 Å². The summed E-state index contributed by atoms with van der Waals surface area (Å²) in [6.45, 7) is 26.1. The highest BCUT2D eigenvalue weighted by Gasteiger charge is 2.53. The van der Waals surface area contributed by atoms with Gasteiger partial charge in [-0.15, -0.1) is 0 Å². The van der Waals surface area contributed by atoms with Crippen LogP contribution < -0.4 is 14.4 Å². The Balaban J connectivity index is 2.13. The first kappa shape index (κ1) is 28.7. The first-order valence-corrected chi connectivity index (χ1v) is 15.3. The largest absolute Gasteiger partial charge is 0.533 e. The molecular weight excluding hydrogens is 487 g/mol. The van der Waals surface area contributed by atoms with Gasteiger partial charge in [-0.05, 0) is 43.1 Å². The number of aryl methyl sites for hydroxylation is 3. The first-order valence-electron chi connectivity index (χ1n) is 13.7. The van der Waals surface area contributed by atoms with Crippen LogP contribution in [0, 0.1) is 20.8 Å². The zero-order chi connectivity index (χ0) is 28.4. The number of benzene rings is 3. The number of fused-ring (bicyclic) bond motifs is 2. The summed E-state index contributed by atoms with van der Waals surface area (Å²) in [4.78, 5) is 12.8. The minimum atomic E-state index is -3.63. The van der Waals surface area contributed by atoms with Gasteiger partial charge in [0, 0.05) is 34.2 Å². The molecule has 38 heavy (non-hydrogen) atoms. The molecular formula is C34H46O3P+. The molecule has 1 heterocycles. The van der Waals surface area contributed by atoms with Gasteiger partial charge in [0.2, 0.25) is 5.30 Å². The molecule has 0 saturated heterocycles. The van der Waals surface area contributed by atoms with Crippen LogP contribution in [0.15, 0.2) is 42.5 Å². The zero-order valence-corrected chi connectivity index (χ0v) is 26.4. The van der Waals surface area contributed by atoms with Crippen molar-refractivity contribution in [3.8, 4) is 11.5 Å². The van der Waals surface area contributed by atoms with Gasteiger partial charge in [-0.25, -0.2) is 0 Å². The lowest BCUT2D eigenvalue weighted by Gasteiger charge is -2.32. The Bertz CT molecular complexity index is 1310. The van der Waals surface area contributed by atoms with Gasteiger partial charge in [0.15, 0.2) is 11.5 Å². The van der Waals surface area contributed by atoms with Crippen LogP contribution in [-0.2, 0) is 22.7 Å². The van der Waals surface area contributed by atoms with Crippen LogP contribution in [0.3, 0.4) is 0 Å². The molecule has 0 aliphatic carbocycles. The fourth-order valence-electron chi connectivity index (χ4n) is 5.36. The van der Waals surface area contributed by atoms with E-state index < -0.39 is 7.94 Å². The van der Waals surface area contributed by atoms with Crippen molar-refractivity contribution >= 4 is 13.2 Å². The number of hydrogen-bond donors (Lipinski definition) is 1.